The largest absolute Gasteiger partial charge is 0.372 e. The van der Waals surface area contributed by atoms with Crippen LogP contribution in [0.2, 0.25) is 0 Å². The third-order valence-electron chi connectivity index (χ3n) is 4.56. The van der Waals surface area contributed by atoms with Gasteiger partial charge in [-0.05, 0) is 49.2 Å². The highest BCUT2D eigenvalue weighted by Crippen LogP contribution is 2.22. The summed E-state index contributed by atoms with van der Waals surface area (Å²) >= 11 is 0. The van der Waals surface area contributed by atoms with E-state index in [9.17, 15) is 4.79 Å². The molecule has 1 saturated heterocycles. The summed E-state index contributed by atoms with van der Waals surface area (Å²) in [6.07, 6.45) is 2.49. The van der Waals surface area contributed by atoms with Crippen molar-refractivity contribution in [1.29, 1.82) is 0 Å². The molecule has 2 heterocycles. The Morgan fingerprint density at radius 2 is 1.58 bits per heavy atom. The molecule has 0 unspecified atom stereocenters. The topological polar surface area (TPSA) is 58.1 Å². The Hall–Kier alpha value is -3.21. The van der Waals surface area contributed by atoms with Crippen LogP contribution in [0.4, 0.5) is 11.4 Å². The molecule has 1 aromatic heterocycles. The van der Waals surface area contributed by atoms with Crippen molar-refractivity contribution in [2.24, 2.45) is 0 Å². The van der Waals surface area contributed by atoms with Crippen LogP contribution in [0.25, 0.3) is 11.3 Å². The Labute approximate surface area is 152 Å². The summed E-state index contributed by atoms with van der Waals surface area (Å²) in [7, 11) is 0. The van der Waals surface area contributed by atoms with Crippen molar-refractivity contribution in [1.82, 2.24) is 10.2 Å². The lowest BCUT2D eigenvalue weighted by Gasteiger charge is -2.17. The van der Waals surface area contributed by atoms with Crippen LogP contribution in [-0.4, -0.2) is 29.2 Å². The lowest BCUT2D eigenvalue weighted by molar-refractivity contribution is 0.102. The fourth-order valence-electron chi connectivity index (χ4n) is 3.14. The zero-order valence-corrected chi connectivity index (χ0v) is 14.4. The number of nitrogens with zero attached hydrogens (tertiary/aromatic N) is 3. The van der Waals surface area contributed by atoms with Crippen LogP contribution >= 0.6 is 0 Å². The molecule has 4 rings (SSSR count). The maximum atomic E-state index is 12.4. The summed E-state index contributed by atoms with van der Waals surface area (Å²) in [5.74, 6) is -0.258. The van der Waals surface area contributed by atoms with Crippen LogP contribution in [0.15, 0.2) is 66.7 Å². The predicted octanol–water partition coefficient (Wildman–Crippen LogP) is 4.00. The number of aromatic nitrogens is 2. The number of carbonyl (C=O) groups is 1. The van der Waals surface area contributed by atoms with Crippen LogP contribution in [0.5, 0.6) is 0 Å². The number of benzene rings is 2. The summed E-state index contributed by atoms with van der Waals surface area (Å²) in [4.78, 5) is 14.7. The van der Waals surface area contributed by atoms with Crippen molar-refractivity contribution in [3.05, 3.63) is 72.4 Å². The molecule has 1 N–H and O–H groups in total. The average Bonchev–Trinajstić information content (AvgIpc) is 3.24. The van der Waals surface area contributed by atoms with Gasteiger partial charge in [-0.2, -0.15) is 0 Å². The van der Waals surface area contributed by atoms with E-state index < -0.39 is 0 Å². The first-order valence-electron chi connectivity index (χ1n) is 8.85. The Morgan fingerprint density at radius 1 is 0.846 bits per heavy atom. The van der Waals surface area contributed by atoms with Gasteiger partial charge in [0, 0.05) is 30.0 Å². The molecule has 0 aliphatic carbocycles. The van der Waals surface area contributed by atoms with E-state index in [-0.39, 0.29) is 5.91 Å². The highest BCUT2D eigenvalue weighted by atomic mass is 16.1. The maximum Gasteiger partial charge on any atom is 0.276 e. The van der Waals surface area contributed by atoms with Crippen LogP contribution in [-0.2, 0) is 0 Å². The summed E-state index contributed by atoms with van der Waals surface area (Å²) in [6, 6.07) is 21.2. The Balaban J connectivity index is 1.43. The van der Waals surface area contributed by atoms with Gasteiger partial charge in [-0.15, -0.1) is 10.2 Å². The third-order valence-corrected chi connectivity index (χ3v) is 4.56. The van der Waals surface area contributed by atoms with Crippen molar-refractivity contribution in [3.63, 3.8) is 0 Å². The summed E-state index contributed by atoms with van der Waals surface area (Å²) in [6.45, 7) is 2.21. The highest BCUT2D eigenvalue weighted by Gasteiger charge is 2.13. The number of carbonyl (C=O) groups excluding carboxylic acids is 1. The van der Waals surface area contributed by atoms with Gasteiger partial charge in [0.2, 0.25) is 0 Å². The molecule has 1 amide bonds. The second kappa shape index (κ2) is 7.35. The van der Waals surface area contributed by atoms with Gasteiger partial charge in [0.25, 0.3) is 5.91 Å². The summed E-state index contributed by atoms with van der Waals surface area (Å²) in [5, 5.41) is 11.1. The Morgan fingerprint density at radius 3 is 2.23 bits per heavy atom. The van der Waals surface area contributed by atoms with E-state index >= 15 is 0 Å². The molecule has 130 valence electrons. The molecule has 1 aliphatic rings. The number of amides is 1. The van der Waals surface area contributed by atoms with Crippen LogP contribution in [0, 0.1) is 0 Å². The first-order chi connectivity index (χ1) is 12.8. The molecule has 3 aromatic rings. The Kier molecular flexibility index (Phi) is 4.60. The standard InChI is InChI=1S/C21H20N4O/c26-21(20-13-12-19(23-24-20)16-6-2-1-3-7-16)22-17-8-10-18(11-9-17)25-14-4-5-15-25/h1-3,6-13H,4-5,14-15H2,(H,22,26). The molecule has 2 aromatic carbocycles. The maximum absolute atomic E-state index is 12.4. The molecule has 0 spiro atoms. The number of anilines is 2. The fourth-order valence-corrected chi connectivity index (χ4v) is 3.14. The first kappa shape index (κ1) is 16.3. The quantitative estimate of drug-likeness (QED) is 0.777. The minimum absolute atomic E-state index is 0.258. The smallest absolute Gasteiger partial charge is 0.276 e. The molecule has 1 aliphatic heterocycles. The van der Waals surface area contributed by atoms with E-state index in [1.54, 1.807) is 6.07 Å². The zero-order chi connectivity index (χ0) is 17.8. The molecular weight excluding hydrogens is 324 g/mol. The van der Waals surface area contributed by atoms with Crippen molar-refractivity contribution in [3.8, 4) is 11.3 Å². The van der Waals surface area contributed by atoms with Gasteiger partial charge < -0.3 is 10.2 Å². The molecule has 0 radical (unpaired) electrons. The lowest BCUT2D eigenvalue weighted by atomic mass is 10.1. The molecule has 0 atom stereocenters. The predicted molar refractivity (Wildman–Crippen MR) is 103 cm³/mol. The molecule has 5 heteroatoms. The van der Waals surface area contributed by atoms with Crippen molar-refractivity contribution in [2.45, 2.75) is 12.8 Å². The average molecular weight is 344 g/mol. The van der Waals surface area contributed by atoms with Crippen LogP contribution in [0.3, 0.4) is 0 Å². The molecule has 0 bridgehead atoms. The minimum atomic E-state index is -0.258. The highest BCUT2D eigenvalue weighted by molar-refractivity contribution is 6.02. The van der Waals surface area contributed by atoms with E-state index in [1.165, 1.54) is 18.5 Å². The monoisotopic (exact) mass is 344 g/mol. The number of rotatable bonds is 4. The summed E-state index contributed by atoms with van der Waals surface area (Å²) in [5.41, 5.74) is 3.98. The van der Waals surface area contributed by atoms with Gasteiger partial charge in [-0.3, -0.25) is 4.79 Å². The third kappa shape index (κ3) is 3.57. The zero-order valence-electron chi connectivity index (χ0n) is 14.4. The van der Waals surface area contributed by atoms with Crippen LogP contribution in [0.1, 0.15) is 23.3 Å². The second-order valence-corrected chi connectivity index (χ2v) is 6.36. The lowest BCUT2D eigenvalue weighted by Crippen LogP contribution is -2.18. The van der Waals surface area contributed by atoms with Crippen LogP contribution < -0.4 is 10.2 Å². The molecule has 1 fully saturated rings. The van der Waals surface area contributed by atoms with E-state index in [0.717, 1.165) is 30.0 Å². The van der Waals surface area contributed by atoms with E-state index in [0.29, 0.717) is 5.69 Å². The summed E-state index contributed by atoms with van der Waals surface area (Å²) < 4.78 is 0. The SMILES string of the molecule is O=C(Nc1ccc(N2CCCC2)cc1)c1ccc(-c2ccccc2)nn1. The number of hydrogen-bond acceptors (Lipinski definition) is 4. The normalized spacial score (nSPS) is 13.6. The van der Waals surface area contributed by atoms with E-state index in [4.69, 9.17) is 0 Å². The molecule has 26 heavy (non-hydrogen) atoms. The fraction of sp³-hybridized carbons (Fsp3) is 0.190. The first-order valence-corrected chi connectivity index (χ1v) is 8.85. The number of hydrogen-bond donors (Lipinski definition) is 1. The molecule has 0 saturated carbocycles. The van der Waals surface area contributed by atoms with Crippen molar-refractivity contribution >= 4 is 17.3 Å². The second-order valence-electron chi connectivity index (χ2n) is 6.36. The van der Waals surface area contributed by atoms with Crippen molar-refractivity contribution < 1.29 is 4.79 Å². The molecule has 5 nitrogen and oxygen atoms in total. The minimum Gasteiger partial charge on any atom is -0.372 e. The van der Waals surface area contributed by atoms with Gasteiger partial charge in [0.1, 0.15) is 0 Å². The Bertz CT molecular complexity index is 870. The van der Waals surface area contributed by atoms with E-state index in [2.05, 4.69) is 20.4 Å². The van der Waals surface area contributed by atoms with E-state index in [1.807, 2.05) is 60.7 Å². The van der Waals surface area contributed by atoms with Gasteiger partial charge in [0.05, 0.1) is 5.69 Å². The number of nitrogens with one attached hydrogen (secondary N) is 1. The van der Waals surface area contributed by atoms with Gasteiger partial charge in [-0.25, -0.2) is 0 Å². The molecular formula is C21H20N4O. The van der Waals surface area contributed by atoms with Crippen molar-refractivity contribution in [2.75, 3.05) is 23.3 Å². The van der Waals surface area contributed by atoms with Gasteiger partial charge in [-0.1, -0.05) is 30.3 Å². The van der Waals surface area contributed by atoms with Gasteiger partial charge >= 0.3 is 0 Å². The van der Waals surface area contributed by atoms with Gasteiger partial charge in [0.15, 0.2) is 5.69 Å².